The predicted molar refractivity (Wildman–Crippen MR) is 43.7 cm³/mol. The maximum atomic E-state index is 9.20. The molecule has 0 saturated heterocycles. The second kappa shape index (κ2) is 3.29. The number of aliphatic hydroxyl groups excluding tert-OH is 1. The van der Waals surface area contributed by atoms with Crippen LogP contribution < -0.4 is 0 Å². The Morgan fingerprint density at radius 1 is 1.20 bits per heavy atom. The van der Waals surface area contributed by atoms with Crippen molar-refractivity contribution in [2.75, 3.05) is 0 Å². The molecule has 0 spiro atoms. The first-order valence-electron chi connectivity index (χ1n) is 3.57. The molecule has 0 aromatic rings. The van der Waals surface area contributed by atoms with E-state index in [9.17, 15) is 5.11 Å². The summed E-state index contributed by atoms with van der Waals surface area (Å²) >= 11 is 11.8. The Balaban J connectivity index is 2.49. The third-order valence-corrected chi connectivity index (χ3v) is 3.29. The van der Waals surface area contributed by atoms with E-state index in [1.165, 1.54) is 0 Å². The smallest absolute Gasteiger partial charge is 0.0568 e. The summed E-state index contributed by atoms with van der Waals surface area (Å²) in [5.41, 5.74) is 0. The minimum atomic E-state index is -0.291. The van der Waals surface area contributed by atoms with Crippen LogP contribution in [-0.2, 0) is 0 Å². The van der Waals surface area contributed by atoms with Crippen LogP contribution in [0.4, 0.5) is 0 Å². The van der Waals surface area contributed by atoms with Gasteiger partial charge in [-0.2, -0.15) is 0 Å². The molecule has 1 fully saturated rings. The van der Waals surface area contributed by atoms with E-state index >= 15 is 0 Å². The molecule has 2 unspecified atom stereocenters. The Morgan fingerprint density at radius 3 is 2.00 bits per heavy atom. The van der Waals surface area contributed by atoms with Crippen LogP contribution in [-0.4, -0.2) is 22.0 Å². The van der Waals surface area contributed by atoms with Crippen molar-refractivity contribution in [3.05, 3.63) is 0 Å². The Labute approximate surface area is 71.3 Å². The van der Waals surface area contributed by atoms with E-state index in [2.05, 4.69) is 0 Å². The van der Waals surface area contributed by atoms with Crippen LogP contribution in [0.15, 0.2) is 0 Å². The molecule has 0 aromatic heterocycles. The van der Waals surface area contributed by atoms with E-state index in [1.807, 2.05) is 6.92 Å². The zero-order chi connectivity index (χ0) is 7.72. The van der Waals surface area contributed by atoms with Crippen molar-refractivity contribution in [2.45, 2.75) is 36.6 Å². The first-order valence-corrected chi connectivity index (χ1v) is 4.44. The molecule has 1 saturated carbocycles. The summed E-state index contributed by atoms with van der Waals surface area (Å²) in [6, 6.07) is 0. The van der Waals surface area contributed by atoms with Crippen molar-refractivity contribution in [2.24, 2.45) is 5.92 Å². The fourth-order valence-electron chi connectivity index (χ4n) is 1.27. The second-order valence-corrected chi connectivity index (χ2v) is 4.14. The predicted octanol–water partition coefficient (Wildman–Crippen LogP) is 1.99. The van der Waals surface area contributed by atoms with Gasteiger partial charge in [-0.25, -0.2) is 0 Å². The topological polar surface area (TPSA) is 20.2 Å². The molecule has 3 heteroatoms. The average Bonchev–Trinajstić information content (AvgIpc) is 1.82. The number of alkyl halides is 2. The molecular formula is C7H12Cl2O. The molecule has 1 rings (SSSR count). The number of halogens is 2. The maximum Gasteiger partial charge on any atom is 0.0568 e. The van der Waals surface area contributed by atoms with Gasteiger partial charge in [0.05, 0.1) is 6.10 Å². The third-order valence-electron chi connectivity index (χ3n) is 2.14. The minimum Gasteiger partial charge on any atom is -0.393 e. The molecule has 1 aliphatic carbocycles. The monoisotopic (exact) mass is 182 g/mol. The Morgan fingerprint density at radius 2 is 1.60 bits per heavy atom. The van der Waals surface area contributed by atoms with Crippen LogP contribution in [0.5, 0.6) is 0 Å². The van der Waals surface area contributed by atoms with Crippen molar-refractivity contribution in [3.63, 3.8) is 0 Å². The number of aliphatic hydroxyl groups is 1. The summed E-state index contributed by atoms with van der Waals surface area (Å²) in [4.78, 5) is 0. The van der Waals surface area contributed by atoms with E-state index in [0.717, 1.165) is 0 Å². The highest BCUT2D eigenvalue weighted by Crippen LogP contribution is 2.32. The summed E-state index contributed by atoms with van der Waals surface area (Å²) in [6.07, 6.45) is 1.08. The van der Waals surface area contributed by atoms with Gasteiger partial charge in [-0.1, -0.05) is 6.92 Å². The van der Waals surface area contributed by atoms with E-state index < -0.39 is 0 Å². The van der Waals surface area contributed by atoms with Crippen LogP contribution >= 0.6 is 23.2 Å². The molecule has 10 heavy (non-hydrogen) atoms. The standard InChI is InChI=1S/C7H12Cl2O/c1-4-6(8)2-5(10)3-7(4)9/h4-7,10H,2-3H2,1H3. The van der Waals surface area contributed by atoms with Crippen molar-refractivity contribution < 1.29 is 5.11 Å². The Bertz CT molecular complexity index is 106. The fourth-order valence-corrected chi connectivity index (χ4v) is 2.11. The molecule has 0 aliphatic heterocycles. The van der Waals surface area contributed by atoms with Crippen LogP contribution in [0.25, 0.3) is 0 Å². The highest BCUT2D eigenvalue weighted by atomic mass is 35.5. The van der Waals surface area contributed by atoms with Gasteiger partial charge in [-0.05, 0) is 18.8 Å². The molecule has 1 nitrogen and oxygen atoms in total. The first kappa shape index (κ1) is 8.63. The normalized spacial score (nSPS) is 49.2. The summed E-state index contributed by atoms with van der Waals surface area (Å²) in [6.45, 7) is 2.03. The second-order valence-electron chi connectivity index (χ2n) is 3.02. The average molecular weight is 183 g/mol. The molecule has 60 valence electrons. The molecule has 0 amide bonds. The van der Waals surface area contributed by atoms with Crippen LogP contribution in [0, 0.1) is 5.92 Å². The molecule has 1 N–H and O–H groups in total. The molecule has 0 bridgehead atoms. The maximum absolute atomic E-state index is 9.20. The van der Waals surface area contributed by atoms with E-state index in [-0.39, 0.29) is 16.9 Å². The van der Waals surface area contributed by atoms with E-state index in [4.69, 9.17) is 23.2 Å². The Kier molecular flexibility index (Phi) is 2.84. The summed E-state index contributed by atoms with van der Waals surface area (Å²) in [5, 5.41) is 9.29. The first-order chi connectivity index (χ1) is 4.61. The quantitative estimate of drug-likeness (QED) is 0.569. The summed E-state index contributed by atoms with van der Waals surface area (Å²) in [7, 11) is 0. The molecular weight excluding hydrogens is 171 g/mol. The van der Waals surface area contributed by atoms with Gasteiger partial charge >= 0.3 is 0 Å². The van der Waals surface area contributed by atoms with Gasteiger partial charge in [0.2, 0.25) is 0 Å². The minimum absolute atomic E-state index is 0.0475. The lowest BCUT2D eigenvalue weighted by Crippen LogP contribution is -2.34. The van der Waals surface area contributed by atoms with Gasteiger partial charge in [0.1, 0.15) is 0 Å². The van der Waals surface area contributed by atoms with Crippen molar-refractivity contribution in [1.82, 2.24) is 0 Å². The highest BCUT2D eigenvalue weighted by molar-refractivity contribution is 6.24. The van der Waals surface area contributed by atoms with Gasteiger partial charge < -0.3 is 5.11 Å². The van der Waals surface area contributed by atoms with Crippen molar-refractivity contribution >= 4 is 23.2 Å². The van der Waals surface area contributed by atoms with Crippen LogP contribution in [0.2, 0.25) is 0 Å². The van der Waals surface area contributed by atoms with E-state index in [0.29, 0.717) is 18.8 Å². The van der Waals surface area contributed by atoms with Crippen molar-refractivity contribution in [3.8, 4) is 0 Å². The number of rotatable bonds is 0. The lowest BCUT2D eigenvalue weighted by atomic mass is 9.88. The van der Waals surface area contributed by atoms with Gasteiger partial charge in [0.15, 0.2) is 0 Å². The van der Waals surface area contributed by atoms with Gasteiger partial charge in [0.25, 0.3) is 0 Å². The molecule has 2 atom stereocenters. The zero-order valence-corrected chi connectivity index (χ0v) is 7.44. The highest BCUT2D eigenvalue weighted by Gasteiger charge is 2.31. The van der Waals surface area contributed by atoms with E-state index in [1.54, 1.807) is 0 Å². The van der Waals surface area contributed by atoms with Crippen LogP contribution in [0.1, 0.15) is 19.8 Å². The van der Waals surface area contributed by atoms with Gasteiger partial charge in [-0.15, -0.1) is 23.2 Å². The fraction of sp³-hybridized carbons (Fsp3) is 1.00. The summed E-state index contributed by atoms with van der Waals surface area (Å²) in [5.74, 6) is 0.326. The van der Waals surface area contributed by atoms with Gasteiger partial charge in [-0.3, -0.25) is 0 Å². The third kappa shape index (κ3) is 1.77. The largest absolute Gasteiger partial charge is 0.393 e. The van der Waals surface area contributed by atoms with Crippen LogP contribution in [0.3, 0.4) is 0 Å². The molecule has 0 radical (unpaired) electrons. The lowest BCUT2D eigenvalue weighted by molar-refractivity contribution is 0.117. The number of hydrogen-bond acceptors (Lipinski definition) is 1. The molecule has 1 aliphatic rings. The summed E-state index contributed by atoms with van der Waals surface area (Å²) < 4.78 is 0. The van der Waals surface area contributed by atoms with Crippen molar-refractivity contribution in [1.29, 1.82) is 0 Å². The zero-order valence-electron chi connectivity index (χ0n) is 5.93. The molecule has 0 aromatic carbocycles. The molecule has 0 heterocycles. The lowest BCUT2D eigenvalue weighted by Gasteiger charge is -2.31. The van der Waals surface area contributed by atoms with Gasteiger partial charge in [0, 0.05) is 10.8 Å². The number of hydrogen-bond donors (Lipinski definition) is 1. The Hall–Kier alpha value is 0.540. The SMILES string of the molecule is CC1C(Cl)CC(O)CC1Cl.